The summed E-state index contributed by atoms with van der Waals surface area (Å²) in [6.07, 6.45) is 15.0. The molecule has 10 atom stereocenters. The predicted molar refractivity (Wildman–Crippen MR) is 162 cm³/mol. The number of ether oxygens (including phenoxy) is 1. The Kier molecular flexibility index (Phi) is 18.7. The van der Waals surface area contributed by atoms with E-state index < -0.39 is 54.4 Å². The molecule has 10 unspecified atom stereocenters. The maximum atomic E-state index is 12.8. The zero-order chi connectivity index (χ0) is 30.8. The van der Waals surface area contributed by atoms with Crippen molar-refractivity contribution in [2.45, 2.75) is 122 Å². The third kappa shape index (κ3) is 15.7. The van der Waals surface area contributed by atoms with Gasteiger partial charge in [-0.2, -0.15) is 0 Å². The molecule has 0 aromatic carbocycles. The number of hydrogen-bond donors (Lipinski definition) is 6. The number of aliphatic hydroxyl groups excluding tert-OH is 6. The molecule has 234 valence electrons. The van der Waals surface area contributed by atoms with Gasteiger partial charge in [0, 0.05) is 18.3 Å². The van der Waals surface area contributed by atoms with Gasteiger partial charge in [0.1, 0.15) is 6.10 Å². The molecule has 8 nitrogen and oxygen atoms in total. The summed E-state index contributed by atoms with van der Waals surface area (Å²) < 4.78 is 5.77. The van der Waals surface area contributed by atoms with Crippen LogP contribution in [-0.4, -0.2) is 79.3 Å². The molecule has 1 aliphatic rings. The minimum Gasteiger partial charge on any atom is -0.461 e. The fourth-order valence-electron chi connectivity index (χ4n) is 4.67. The molecule has 0 fully saturated rings. The smallest absolute Gasteiger partial charge is 0.311 e. The monoisotopic (exact) mass is 578 g/mol. The van der Waals surface area contributed by atoms with Crippen molar-refractivity contribution in [3.63, 3.8) is 0 Å². The van der Waals surface area contributed by atoms with E-state index in [2.05, 4.69) is 0 Å². The summed E-state index contributed by atoms with van der Waals surface area (Å²) >= 11 is 0. The Bertz CT molecular complexity index is 863. The SMILES string of the molecule is CCCC1OC(=O)C(C)C(O)CC(O)CCCC(O)CC(O)CC(O)C(C)C(O)/C=C/C=C/C=C/C=C/C=C/C1C. The number of carbonyl (C=O) groups is 1. The first-order chi connectivity index (χ1) is 19.5. The minimum absolute atomic E-state index is 0.0112. The van der Waals surface area contributed by atoms with E-state index in [9.17, 15) is 35.4 Å². The van der Waals surface area contributed by atoms with Crippen molar-refractivity contribution < 1.29 is 40.2 Å². The average Bonchev–Trinajstić information content (AvgIpc) is 2.91. The van der Waals surface area contributed by atoms with Crippen molar-refractivity contribution in [1.29, 1.82) is 0 Å². The zero-order valence-electron chi connectivity index (χ0n) is 25.2. The molecule has 6 N–H and O–H groups in total. The van der Waals surface area contributed by atoms with Crippen LogP contribution >= 0.6 is 0 Å². The van der Waals surface area contributed by atoms with Gasteiger partial charge in [-0.15, -0.1) is 0 Å². The Morgan fingerprint density at radius 1 is 0.707 bits per heavy atom. The number of carbonyl (C=O) groups excluding carboxylic acids is 1. The Hall–Kier alpha value is -2.07. The van der Waals surface area contributed by atoms with Gasteiger partial charge in [-0.05, 0) is 45.4 Å². The van der Waals surface area contributed by atoms with E-state index in [1.165, 1.54) is 0 Å². The van der Waals surface area contributed by atoms with Crippen LogP contribution in [0.1, 0.15) is 79.1 Å². The molecular formula is C33H54O8. The highest BCUT2D eigenvalue weighted by Crippen LogP contribution is 2.22. The van der Waals surface area contributed by atoms with E-state index >= 15 is 0 Å². The van der Waals surface area contributed by atoms with Crippen molar-refractivity contribution in [3.8, 4) is 0 Å². The van der Waals surface area contributed by atoms with E-state index in [4.69, 9.17) is 4.74 Å². The maximum Gasteiger partial charge on any atom is 0.311 e. The number of rotatable bonds is 2. The summed E-state index contributed by atoms with van der Waals surface area (Å²) in [7, 11) is 0. The molecule has 1 rings (SSSR count). The summed E-state index contributed by atoms with van der Waals surface area (Å²) in [5.41, 5.74) is 0. The standard InChI is InChI=1S/C33H54O8/c1-5-15-32-23(2)16-12-10-8-6-7-9-11-13-19-29(37)24(3)30(38)22-28(36)20-26(34)17-14-18-27(35)21-31(39)25(4)33(40)41-32/h6-13,16,19,23-32,34-39H,5,14-15,17-18,20-22H2,1-4H3/b7-6+,10-8+,11-9+,16-12+,19-13+. The highest BCUT2D eigenvalue weighted by atomic mass is 16.5. The van der Waals surface area contributed by atoms with Crippen molar-refractivity contribution in [1.82, 2.24) is 0 Å². The predicted octanol–water partition coefficient (Wildman–Crippen LogP) is 3.91. The van der Waals surface area contributed by atoms with Crippen LogP contribution in [0, 0.1) is 17.8 Å². The Morgan fingerprint density at radius 2 is 1.22 bits per heavy atom. The lowest BCUT2D eigenvalue weighted by Crippen LogP contribution is -2.34. The molecule has 0 radical (unpaired) electrons. The molecule has 0 aromatic rings. The molecule has 0 aliphatic carbocycles. The summed E-state index contributed by atoms with van der Waals surface area (Å²) in [6.45, 7) is 7.30. The van der Waals surface area contributed by atoms with Gasteiger partial charge in [-0.3, -0.25) is 4.79 Å². The third-order valence-corrected chi connectivity index (χ3v) is 7.67. The molecule has 1 aliphatic heterocycles. The number of allylic oxidation sites excluding steroid dienone is 8. The van der Waals surface area contributed by atoms with Crippen LogP contribution in [-0.2, 0) is 9.53 Å². The normalized spacial score (nSPS) is 40.3. The lowest BCUT2D eigenvalue weighted by molar-refractivity contribution is -0.160. The fourth-order valence-corrected chi connectivity index (χ4v) is 4.67. The first-order valence-corrected chi connectivity index (χ1v) is 15.1. The van der Waals surface area contributed by atoms with Crippen LogP contribution in [0.2, 0.25) is 0 Å². The second kappa shape index (κ2) is 20.8. The van der Waals surface area contributed by atoms with Gasteiger partial charge in [0.2, 0.25) is 0 Å². The number of cyclic esters (lactones) is 1. The number of hydrogen-bond acceptors (Lipinski definition) is 8. The molecule has 0 saturated carbocycles. The van der Waals surface area contributed by atoms with Crippen LogP contribution in [0.3, 0.4) is 0 Å². The van der Waals surface area contributed by atoms with Gasteiger partial charge >= 0.3 is 5.97 Å². The van der Waals surface area contributed by atoms with E-state index in [-0.39, 0.29) is 31.3 Å². The van der Waals surface area contributed by atoms with Crippen LogP contribution in [0.15, 0.2) is 60.8 Å². The van der Waals surface area contributed by atoms with Gasteiger partial charge in [-0.1, -0.05) is 88.0 Å². The maximum absolute atomic E-state index is 12.8. The molecule has 8 heteroatoms. The van der Waals surface area contributed by atoms with E-state index in [0.29, 0.717) is 25.7 Å². The van der Waals surface area contributed by atoms with Crippen LogP contribution < -0.4 is 0 Å². The molecule has 41 heavy (non-hydrogen) atoms. The summed E-state index contributed by atoms with van der Waals surface area (Å²) in [4.78, 5) is 12.8. The van der Waals surface area contributed by atoms with Gasteiger partial charge < -0.3 is 35.4 Å². The minimum atomic E-state index is -1.07. The van der Waals surface area contributed by atoms with Crippen LogP contribution in [0.5, 0.6) is 0 Å². The average molecular weight is 579 g/mol. The van der Waals surface area contributed by atoms with Crippen LogP contribution in [0.25, 0.3) is 0 Å². The molecule has 0 bridgehead atoms. The van der Waals surface area contributed by atoms with Gasteiger partial charge in [-0.25, -0.2) is 0 Å². The Labute approximate surface area is 246 Å². The first kappa shape index (κ1) is 37.0. The van der Waals surface area contributed by atoms with E-state index in [0.717, 1.165) is 6.42 Å². The summed E-state index contributed by atoms with van der Waals surface area (Å²) in [6, 6.07) is 0. The van der Waals surface area contributed by atoms with Crippen molar-refractivity contribution in [2.75, 3.05) is 0 Å². The largest absolute Gasteiger partial charge is 0.461 e. The van der Waals surface area contributed by atoms with Crippen molar-refractivity contribution in [3.05, 3.63) is 60.8 Å². The topological polar surface area (TPSA) is 148 Å². The number of esters is 1. The molecule has 0 spiro atoms. The van der Waals surface area contributed by atoms with Gasteiger partial charge in [0.25, 0.3) is 0 Å². The van der Waals surface area contributed by atoms with Crippen molar-refractivity contribution in [2.24, 2.45) is 17.8 Å². The van der Waals surface area contributed by atoms with E-state index in [1.54, 1.807) is 32.1 Å². The van der Waals surface area contributed by atoms with E-state index in [1.807, 2.05) is 56.4 Å². The zero-order valence-corrected chi connectivity index (χ0v) is 25.2. The molecule has 0 aromatic heterocycles. The number of aliphatic hydroxyl groups is 6. The lowest BCUT2D eigenvalue weighted by Gasteiger charge is -2.26. The summed E-state index contributed by atoms with van der Waals surface area (Å²) in [5.74, 6) is -1.84. The van der Waals surface area contributed by atoms with Crippen molar-refractivity contribution >= 4 is 5.97 Å². The summed E-state index contributed by atoms with van der Waals surface area (Å²) in [5, 5.41) is 62.5. The van der Waals surface area contributed by atoms with Gasteiger partial charge in [0.05, 0.1) is 42.5 Å². The molecule has 0 amide bonds. The second-order valence-electron chi connectivity index (χ2n) is 11.4. The van der Waals surface area contributed by atoms with Crippen LogP contribution in [0.4, 0.5) is 0 Å². The second-order valence-corrected chi connectivity index (χ2v) is 11.4. The molecular weight excluding hydrogens is 524 g/mol. The van der Waals surface area contributed by atoms with Gasteiger partial charge in [0.15, 0.2) is 0 Å². The highest BCUT2D eigenvalue weighted by molar-refractivity contribution is 5.72. The third-order valence-electron chi connectivity index (χ3n) is 7.67. The fraction of sp³-hybridized carbons (Fsp3) is 0.667. The quantitative estimate of drug-likeness (QED) is 0.270. The Morgan fingerprint density at radius 3 is 1.80 bits per heavy atom. The molecule has 1 heterocycles. The molecule has 0 saturated heterocycles. The first-order valence-electron chi connectivity index (χ1n) is 15.1. The Balaban J connectivity index is 2.97. The lowest BCUT2D eigenvalue weighted by atomic mass is 9.91. The highest BCUT2D eigenvalue weighted by Gasteiger charge is 2.29.